The van der Waals surface area contributed by atoms with Gasteiger partial charge in [0, 0.05) is 18.6 Å². The molecule has 3 aromatic rings. The van der Waals surface area contributed by atoms with Gasteiger partial charge < -0.3 is 25.4 Å². The van der Waals surface area contributed by atoms with Crippen molar-refractivity contribution >= 4 is 40.6 Å². The third-order valence-electron chi connectivity index (χ3n) is 7.43. The van der Waals surface area contributed by atoms with Gasteiger partial charge in [-0.1, -0.05) is 12.1 Å². The Kier molecular flexibility index (Phi) is 8.94. The van der Waals surface area contributed by atoms with Crippen LogP contribution in [0.3, 0.4) is 0 Å². The molecule has 1 aliphatic carbocycles. The van der Waals surface area contributed by atoms with E-state index in [1.165, 1.54) is 11.8 Å². The molecule has 3 N–H and O–H groups in total. The van der Waals surface area contributed by atoms with Crippen molar-refractivity contribution in [2.45, 2.75) is 82.0 Å². The monoisotopic (exact) mass is 578 g/mol. The highest BCUT2D eigenvalue weighted by atomic mass is 32.2. The number of aromatic nitrogens is 3. The summed E-state index contributed by atoms with van der Waals surface area (Å²) in [5, 5.41) is 9.70. The number of hydrogen-bond acceptors (Lipinski definition) is 9. The molecule has 41 heavy (non-hydrogen) atoms. The molecule has 1 aromatic carbocycles. The van der Waals surface area contributed by atoms with Crippen LogP contribution in [0.15, 0.2) is 41.4 Å². The minimum Gasteiger partial charge on any atom is -0.480 e. The van der Waals surface area contributed by atoms with Crippen molar-refractivity contribution in [1.82, 2.24) is 25.6 Å². The number of nitrogens with zero attached hydrogens (tertiary/aromatic N) is 3. The lowest BCUT2D eigenvalue weighted by atomic mass is 9.79. The number of carbonyl (C=O) groups is 2. The van der Waals surface area contributed by atoms with Crippen LogP contribution in [0.1, 0.15) is 57.7 Å². The molecule has 0 spiro atoms. The number of benzene rings is 1. The lowest BCUT2D eigenvalue weighted by molar-refractivity contribution is -0.113. The minimum atomic E-state index is -0.583. The number of para-hydroxylation sites is 1. The number of thioether (sulfide) groups is 1. The molecule has 2 amide bonds. The van der Waals surface area contributed by atoms with E-state index in [1.807, 2.05) is 51.1 Å². The summed E-state index contributed by atoms with van der Waals surface area (Å²) in [6.45, 7) is 6.25. The van der Waals surface area contributed by atoms with E-state index in [0.717, 1.165) is 52.9 Å². The smallest absolute Gasteiger partial charge is 0.407 e. The van der Waals surface area contributed by atoms with Crippen molar-refractivity contribution in [1.29, 1.82) is 0 Å². The predicted octanol–water partition coefficient (Wildman–Crippen LogP) is 4.86. The van der Waals surface area contributed by atoms with Gasteiger partial charge in [0.15, 0.2) is 0 Å². The van der Waals surface area contributed by atoms with Gasteiger partial charge in [-0.05, 0) is 82.6 Å². The fourth-order valence-electron chi connectivity index (χ4n) is 5.45. The maximum Gasteiger partial charge on any atom is 0.407 e. The Morgan fingerprint density at radius 1 is 1.15 bits per heavy atom. The molecule has 1 unspecified atom stereocenters. The number of alkyl carbamates (subject to hydrolysis) is 1. The van der Waals surface area contributed by atoms with Crippen LogP contribution < -0.4 is 20.7 Å². The highest BCUT2D eigenvalue weighted by Crippen LogP contribution is 2.32. The van der Waals surface area contributed by atoms with Crippen molar-refractivity contribution in [3.8, 4) is 5.88 Å². The molecular formula is C30H38N6O4S. The number of ether oxygens (including phenoxy) is 2. The first-order chi connectivity index (χ1) is 19.7. The summed E-state index contributed by atoms with van der Waals surface area (Å²) in [4.78, 5) is 39.4. The van der Waals surface area contributed by atoms with Gasteiger partial charge in [0.2, 0.25) is 11.8 Å². The van der Waals surface area contributed by atoms with Crippen molar-refractivity contribution in [3.63, 3.8) is 0 Å². The number of nitrogens with one attached hydrogen (secondary N) is 3. The summed E-state index contributed by atoms with van der Waals surface area (Å²) in [5.41, 5.74) is 2.91. The van der Waals surface area contributed by atoms with Gasteiger partial charge in [-0.3, -0.25) is 4.79 Å². The van der Waals surface area contributed by atoms with Gasteiger partial charge in [-0.25, -0.2) is 19.7 Å². The van der Waals surface area contributed by atoms with E-state index in [4.69, 9.17) is 9.47 Å². The molecule has 1 saturated carbocycles. The molecule has 218 valence electrons. The zero-order chi connectivity index (χ0) is 29.0. The SMILES string of the molecule is COc1cnc2cccc(CC(NC(=O)OC(C)(C)C)[C@H]3CC[C@@H](NCc4ccc5c(n4)NC(=O)CS5)CC3)c2n1. The Bertz CT molecular complexity index is 1400. The Balaban J connectivity index is 1.25. The van der Waals surface area contributed by atoms with Crippen LogP contribution in [-0.4, -0.2) is 57.5 Å². The quantitative estimate of drug-likeness (QED) is 0.343. The number of fused-ring (bicyclic) bond motifs is 2. The number of carbonyl (C=O) groups excluding carboxylic acids is 2. The average molecular weight is 579 g/mol. The van der Waals surface area contributed by atoms with Gasteiger partial charge in [-0.2, -0.15) is 0 Å². The lowest BCUT2D eigenvalue weighted by Gasteiger charge is -2.35. The zero-order valence-corrected chi connectivity index (χ0v) is 24.8. The van der Waals surface area contributed by atoms with Gasteiger partial charge >= 0.3 is 6.09 Å². The molecule has 1 atom stereocenters. The van der Waals surface area contributed by atoms with E-state index in [9.17, 15) is 9.59 Å². The summed E-state index contributed by atoms with van der Waals surface area (Å²) in [6.07, 6.45) is 5.71. The van der Waals surface area contributed by atoms with Gasteiger partial charge in [0.05, 0.1) is 40.7 Å². The predicted molar refractivity (Wildman–Crippen MR) is 159 cm³/mol. The molecular weight excluding hydrogens is 540 g/mol. The average Bonchev–Trinajstić information content (AvgIpc) is 2.94. The first kappa shape index (κ1) is 29.1. The van der Waals surface area contributed by atoms with Crippen LogP contribution in [0.4, 0.5) is 10.6 Å². The second kappa shape index (κ2) is 12.6. The summed E-state index contributed by atoms with van der Waals surface area (Å²) in [7, 11) is 1.58. The second-order valence-corrected chi connectivity index (χ2v) is 12.7. The van der Waals surface area contributed by atoms with Crippen LogP contribution in [0.5, 0.6) is 5.88 Å². The highest BCUT2D eigenvalue weighted by molar-refractivity contribution is 8.00. The number of hydrogen-bond donors (Lipinski definition) is 3. The third-order valence-corrected chi connectivity index (χ3v) is 8.48. The Morgan fingerprint density at radius 3 is 2.71 bits per heavy atom. The normalized spacial score (nSPS) is 19.7. The maximum atomic E-state index is 12.9. The Hall–Kier alpha value is -3.44. The number of methoxy groups -OCH3 is 1. The minimum absolute atomic E-state index is 0.0114. The summed E-state index contributed by atoms with van der Waals surface area (Å²) >= 11 is 1.52. The van der Waals surface area contributed by atoms with Crippen LogP contribution in [0.25, 0.3) is 11.0 Å². The molecule has 0 saturated heterocycles. The van der Waals surface area contributed by atoms with E-state index in [0.29, 0.717) is 36.5 Å². The Morgan fingerprint density at radius 2 is 1.95 bits per heavy atom. The molecule has 10 nitrogen and oxygen atoms in total. The lowest BCUT2D eigenvalue weighted by Crippen LogP contribution is -2.46. The molecule has 1 aliphatic heterocycles. The molecule has 0 bridgehead atoms. The second-order valence-electron chi connectivity index (χ2n) is 11.6. The van der Waals surface area contributed by atoms with Crippen LogP contribution in [0, 0.1) is 5.92 Å². The molecule has 5 rings (SSSR count). The molecule has 3 heterocycles. The summed E-state index contributed by atoms with van der Waals surface area (Å²) < 4.78 is 11.0. The fraction of sp³-hybridized carbons (Fsp3) is 0.500. The number of rotatable bonds is 8. The molecule has 1 fully saturated rings. The number of anilines is 1. The van der Waals surface area contributed by atoms with E-state index in [2.05, 4.69) is 30.9 Å². The largest absolute Gasteiger partial charge is 0.480 e. The van der Waals surface area contributed by atoms with Crippen LogP contribution >= 0.6 is 11.8 Å². The van der Waals surface area contributed by atoms with Gasteiger partial charge in [-0.15, -0.1) is 11.8 Å². The first-order valence-corrected chi connectivity index (χ1v) is 15.1. The third kappa shape index (κ3) is 7.65. The fourth-order valence-corrected chi connectivity index (χ4v) is 6.20. The number of pyridine rings is 1. The van der Waals surface area contributed by atoms with E-state index in [1.54, 1.807) is 13.3 Å². The van der Waals surface area contributed by atoms with E-state index < -0.39 is 11.7 Å². The van der Waals surface area contributed by atoms with Crippen molar-refractivity contribution in [2.24, 2.45) is 5.92 Å². The van der Waals surface area contributed by atoms with E-state index in [-0.39, 0.29) is 17.9 Å². The summed E-state index contributed by atoms with van der Waals surface area (Å²) in [6, 6.07) is 10.2. The van der Waals surface area contributed by atoms with E-state index >= 15 is 0 Å². The number of amides is 2. The summed E-state index contributed by atoms with van der Waals surface area (Å²) in [5.74, 6) is 1.82. The van der Waals surface area contributed by atoms with Crippen LogP contribution in [-0.2, 0) is 22.5 Å². The van der Waals surface area contributed by atoms with Gasteiger partial charge in [0.1, 0.15) is 11.4 Å². The van der Waals surface area contributed by atoms with Gasteiger partial charge in [0.25, 0.3) is 0 Å². The molecule has 0 radical (unpaired) electrons. The molecule has 11 heteroatoms. The molecule has 2 aromatic heterocycles. The first-order valence-electron chi connectivity index (χ1n) is 14.1. The topological polar surface area (TPSA) is 127 Å². The molecule has 2 aliphatic rings. The van der Waals surface area contributed by atoms with Crippen molar-refractivity contribution < 1.29 is 19.1 Å². The van der Waals surface area contributed by atoms with Crippen molar-refractivity contribution in [3.05, 3.63) is 47.8 Å². The zero-order valence-electron chi connectivity index (χ0n) is 24.0. The van der Waals surface area contributed by atoms with Crippen LogP contribution in [0.2, 0.25) is 0 Å². The maximum absolute atomic E-state index is 12.9. The standard InChI is InChI=1S/C30H38N6O4S/c1-30(2,3)40-29(38)34-23(14-19-6-5-7-22-27(19)36-26(39-4)16-32-22)18-8-10-20(11-9-18)31-15-21-12-13-24-28(33-21)35-25(37)17-41-24/h5-7,12-13,16,18,20,23,31H,8-11,14-15,17H2,1-4H3,(H,34,38)(H,33,35,37)/t18-,20+,23?. The Labute approximate surface area is 244 Å². The highest BCUT2D eigenvalue weighted by Gasteiger charge is 2.31. The van der Waals surface area contributed by atoms with Crippen molar-refractivity contribution in [2.75, 3.05) is 18.2 Å².